The third-order valence-electron chi connectivity index (χ3n) is 4.25. The average molecular weight is 388 g/mol. The molecule has 0 aliphatic heterocycles. The van der Waals surface area contributed by atoms with E-state index in [9.17, 15) is 9.59 Å². The van der Waals surface area contributed by atoms with Crippen LogP contribution < -0.4 is 10.2 Å². The Morgan fingerprint density at radius 2 is 1.67 bits per heavy atom. The molecule has 2 aromatic rings. The molecule has 2 rings (SSSR count). The standard InChI is InChI=1S/C21H26ClN3O2/c1-15(2)25(17-11-9-16(3)10-12-17)14-21(27)24(4)13-20(26)23-19-8-6-5-7-18(19)22/h5-12,15H,13-14H2,1-4H3,(H,23,26). The predicted molar refractivity (Wildman–Crippen MR) is 111 cm³/mol. The van der Waals surface area contributed by atoms with E-state index in [1.165, 1.54) is 10.5 Å². The van der Waals surface area contributed by atoms with E-state index in [2.05, 4.69) is 5.32 Å². The number of halogens is 1. The third-order valence-corrected chi connectivity index (χ3v) is 4.58. The molecule has 2 amide bonds. The van der Waals surface area contributed by atoms with Crippen molar-refractivity contribution in [1.29, 1.82) is 0 Å². The van der Waals surface area contributed by atoms with Crippen LogP contribution in [0.5, 0.6) is 0 Å². The lowest BCUT2D eigenvalue weighted by Crippen LogP contribution is -2.44. The lowest BCUT2D eigenvalue weighted by Gasteiger charge is -2.30. The fourth-order valence-corrected chi connectivity index (χ4v) is 2.81. The summed E-state index contributed by atoms with van der Waals surface area (Å²) in [7, 11) is 1.63. The van der Waals surface area contributed by atoms with Gasteiger partial charge in [0.15, 0.2) is 0 Å². The molecule has 0 aliphatic carbocycles. The van der Waals surface area contributed by atoms with Crippen molar-refractivity contribution in [3.05, 3.63) is 59.1 Å². The molecular weight excluding hydrogens is 362 g/mol. The maximum Gasteiger partial charge on any atom is 0.244 e. The van der Waals surface area contributed by atoms with Crippen LogP contribution in [-0.4, -0.2) is 42.9 Å². The molecule has 5 nitrogen and oxygen atoms in total. The summed E-state index contributed by atoms with van der Waals surface area (Å²) in [6.45, 7) is 6.27. The van der Waals surface area contributed by atoms with E-state index in [-0.39, 0.29) is 30.9 Å². The van der Waals surface area contributed by atoms with Crippen LogP contribution in [0.2, 0.25) is 5.02 Å². The quantitative estimate of drug-likeness (QED) is 0.782. The van der Waals surface area contributed by atoms with Crippen molar-refractivity contribution in [2.45, 2.75) is 26.8 Å². The highest BCUT2D eigenvalue weighted by atomic mass is 35.5. The number of para-hydroxylation sites is 1. The van der Waals surface area contributed by atoms with Crippen molar-refractivity contribution in [3.63, 3.8) is 0 Å². The SMILES string of the molecule is Cc1ccc(N(CC(=O)N(C)CC(=O)Nc2ccccc2Cl)C(C)C)cc1. The third kappa shape index (κ3) is 6.00. The number of rotatable bonds is 7. The van der Waals surface area contributed by atoms with E-state index in [0.29, 0.717) is 10.7 Å². The number of aryl methyl sites for hydroxylation is 1. The molecule has 0 spiro atoms. The minimum atomic E-state index is -0.287. The number of nitrogens with zero attached hydrogens (tertiary/aromatic N) is 2. The summed E-state index contributed by atoms with van der Waals surface area (Å²) in [5.74, 6) is -0.413. The minimum Gasteiger partial charge on any atom is -0.360 e. The smallest absolute Gasteiger partial charge is 0.244 e. The average Bonchev–Trinajstić information content (AvgIpc) is 2.62. The number of likely N-dealkylation sites (N-methyl/N-ethyl adjacent to an activating group) is 1. The van der Waals surface area contributed by atoms with E-state index in [0.717, 1.165) is 5.69 Å². The molecule has 0 heterocycles. The molecule has 27 heavy (non-hydrogen) atoms. The molecular formula is C21H26ClN3O2. The number of hydrogen-bond acceptors (Lipinski definition) is 3. The lowest BCUT2D eigenvalue weighted by atomic mass is 10.2. The Balaban J connectivity index is 1.97. The molecule has 2 aromatic carbocycles. The first-order valence-corrected chi connectivity index (χ1v) is 9.27. The first-order chi connectivity index (χ1) is 12.8. The summed E-state index contributed by atoms with van der Waals surface area (Å²) in [6.07, 6.45) is 0. The van der Waals surface area contributed by atoms with Gasteiger partial charge in [0.2, 0.25) is 11.8 Å². The fourth-order valence-electron chi connectivity index (χ4n) is 2.63. The Kier molecular flexibility index (Phi) is 7.25. The summed E-state index contributed by atoms with van der Waals surface area (Å²) in [5.41, 5.74) is 2.69. The Bertz CT molecular complexity index is 790. The zero-order chi connectivity index (χ0) is 20.0. The molecule has 6 heteroatoms. The molecule has 0 unspecified atom stereocenters. The lowest BCUT2D eigenvalue weighted by molar-refractivity contribution is -0.132. The topological polar surface area (TPSA) is 52.7 Å². The highest BCUT2D eigenvalue weighted by molar-refractivity contribution is 6.33. The monoisotopic (exact) mass is 387 g/mol. The van der Waals surface area contributed by atoms with Crippen molar-refractivity contribution in [3.8, 4) is 0 Å². The van der Waals surface area contributed by atoms with Gasteiger partial charge < -0.3 is 15.1 Å². The van der Waals surface area contributed by atoms with Crippen molar-refractivity contribution in [1.82, 2.24) is 4.90 Å². The van der Waals surface area contributed by atoms with Gasteiger partial charge in [-0.05, 0) is 45.0 Å². The Hall–Kier alpha value is -2.53. The van der Waals surface area contributed by atoms with Crippen LogP contribution in [0, 0.1) is 6.92 Å². The molecule has 1 N–H and O–H groups in total. The number of amides is 2. The molecule has 0 fully saturated rings. The number of carbonyl (C=O) groups excluding carboxylic acids is 2. The van der Waals surface area contributed by atoms with Crippen molar-refractivity contribution >= 4 is 34.8 Å². The highest BCUT2D eigenvalue weighted by Crippen LogP contribution is 2.20. The second-order valence-electron chi connectivity index (χ2n) is 6.84. The first-order valence-electron chi connectivity index (χ1n) is 8.89. The predicted octanol–water partition coefficient (Wildman–Crippen LogP) is 3.96. The van der Waals surface area contributed by atoms with Crippen molar-refractivity contribution in [2.24, 2.45) is 0 Å². The van der Waals surface area contributed by atoms with Crippen LogP contribution in [0.4, 0.5) is 11.4 Å². The van der Waals surface area contributed by atoms with Gasteiger partial charge in [-0.3, -0.25) is 9.59 Å². The van der Waals surface area contributed by atoms with Crippen molar-refractivity contribution in [2.75, 3.05) is 30.4 Å². The molecule has 0 saturated heterocycles. The molecule has 0 aliphatic rings. The fraction of sp³-hybridized carbons (Fsp3) is 0.333. The summed E-state index contributed by atoms with van der Waals surface area (Å²) in [5, 5.41) is 3.19. The largest absolute Gasteiger partial charge is 0.360 e. The van der Waals surface area contributed by atoms with Gasteiger partial charge in [-0.15, -0.1) is 0 Å². The molecule has 0 bridgehead atoms. The molecule has 0 aromatic heterocycles. The van der Waals surface area contributed by atoms with Crippen molar-refractivity contribution < 1.29 is 9.59 Å². The zero-order valence-electron chi connectivity index (χ0n) is 16.2. The van der Waals surface area contributed by atoms with Crippen LogP contribution in [-0.2, 0) is 9.59 Å². The van der Waals surface area contributed by atoms with E-state index >= 15 is 0 Å². The van der Waals surface area contributed by atoms with Gasteiger partial charge >= 0.3 is 0 Å². The summed E-state index contributed by atoms with van der Waals surface area (Å²) >= 11 is 6.05. The van der Waals surface area contributed by atoms with Crippen LogP contribution in [0.3, 0.4) is 0 Å². The highest BCUT2D eigenvalue weighted by Gasteiger charge is 2.19. The van der Waals surface area contributed by atoms with Gasteiger partial charge in [0.25, 0.3) is 0 Å². The molecule has 0 saturated carbocycles. The van der Waals surface area contributed by atoms with E-state index in [1.54, 1.807) is 31.3 Å². The maximum atomic E-state index is 12.6. The van der Waals surface area contributed by atoms with Gasteiger partial charge in [0.05, 0.1) is 23.8 Å². The Morgan fingerprint density at radius 1 is 1.04 bits per heavy atom. The first kappa shape index (κ1) is 20.8. The second-order valence-corrected chi connectivity index (χ2v) is 7.24. The molecule has 0 atom stereocenters. The maximum absolute atomic E-state index is 12.6. The summed E-state index contributed by atoms with van der Waals surface area (Å²) in [6, 6.07) is 15.2. The number of nitrogens with one attached hydrogen (secondary N) is 1. The van der Waals surface area contributed by atoms with Gasteiger partial charge in [-0.2, -0.15) is 0 Å². The Labute approximate surface area is 165 Å². The number of benzene rings is 2. The van der Waals surface area contributed by atoms with Gasteiger partial charge in [-0.25, -0.2) is 0 Å². The molecule has 144 valence electrons. The van der Waals surface area contributed by atoms with E-state index in [1.807, 2.05) is 49.9 Å². The summed E-state index contributed by atoms with van der Waals surface area (Å²) in [4.78, 5) is 28.3. The second kappa shape index (κ2) is 9.42. The minimum absolute atomic E-state index is 0.0378. The number of carbonyl (C=O) groups is 2. The van der Waals surface area contributed by atoms with Crippen LogP contribution in [0.1, 0.15) is 19.4 Å². The van der Waals surface area contributed by atoms with Gasteiger partial charge in [-0.1, -0.05) is 41.4 Å². The van der Waals surface area contributed by atoms with Crippen LogP contribution in [0.25, 0.3) is 0 Å². The zero-order valence-corrected chi connectivity index (χ0v) is 17.0. The van der Waals surface area contributed by atoms with Crippen LogP contribution >= 0.6 is 11.6 Å². The normalized spacial score (nSPS) is 10.6. The van der Waals surface area contributed by atoms with Gasteiger partial charge in [0, 0.05) is 18.8 Å². The van der Waals surface area contributed by atoms with Crippen LogP contribution in [0.15, 0.2) is 48.5 Å². The summed E-state index contributed by atoms with van der Waals surface area (Å²) < 4.78 is 0. The number of anilines is 2. The van der Waals surface area contributed by atoms with Gasteiger partial charge in [0.1, 0.15) is 0 Å². The molecule has 0 radical (unpaired) electrons. The Morgan fingerprint density at radius 3 is 2.26 bits per heavy atom. The van der Waals surface area contributed by atoms with E-state index in [4.69, 9.17) is 11.6 Å². The number of hydrogen-bond donors (Lipinski definition) is 1. The van der Waals surface area contributed by atoms with E-state index < -0.39 is 0 Å².